The van der Waals surface area contributed by atoms with Crippen LogP contribution in [0.4, 0.5) is 0 Å². The SMILES string of the molecule is COc1ccc(C(=O)N(C)Cc2ccc3c(c2)OCCO3)cc1S(=O)(=O)NC(C)C. The van der Waals surface area contributed by atoms with Gasteiger partial charge in [0.25, 0.3) is 5.91 Å². The zero-order valence-corrected chi connectivity index (χ0v) is 18.3. The Morgan fingerprint density at radius 2 is 1.83 bits per heavy atom. The van der Waals surface area contributed by atoms with Crippen molar-refractivity contribution in [1.29, 1.82) is 0 Å². The first kappa shape index (κ1) is 21.9. The molecule has 0 spiro atoms. The molecule has 1 heterocycles. The van der Waals surface area contributed by atoms with Gasteiger partial charge in [0.1, 0.15) is 23.9 Å². The van der Waals surface area contributed by atoms with Crippen molar-refractivity contribution in [2.24, 2.45) is 0 Å². The molecule has 0 radical (unpaired) electrons. The topological polar surface area (TPSA) is 94.2 Å². The monoisotopic (exact) mass is 434 g/mol. The summed E-state index contributed by atoms with van der Waals surface area (Å²) in [6, 6.07) is 9.61. The summed E-state index contributed by atoms with van der Waals surface area (Å²) < 4.78 is 44.1. The number of carbonyl (C=O) groups is 1. The van der Waals surface area contributed by atoms with E-state index in [1.54, 1.807) is 27.0 Å². The summed E-state index contributed by atoms with van der Waals surface area (Å²) in [4.78, 5) is 14.4. The highest BCUT2D eigenvalue weighted by Crippen LogP contribution is 2.31. The van der Waals surface area contributed by atoms with Gasteiger partial charge in [-0.15, -0.1) is 0 Å². The average Bonchev–Trinajstić information content (AvgIpc) is 2.71. The second-order valence-corrected chi connectivity index (χ2v) is 8.96. The van der Waals surface area contributed by atoms with Gasteiger partial charge < -0.3 is 19.1 Å². The van der Waals surface area contributed by atoms with Crippen LogP contribution >= 0.6 is 0 Å². The highest BCUT2D eigenvalue weighted by Gasteiger charge is 2.23. The molecule has 1 aliphatic heterocycles. The summed E-state index contributed by atoms with van der Waals surface area (Å²) in [7, 11) is -0.785. The smallest absolute Gasteiger partial charge is 0.253 e. The molecule has 0 saturated carbocycles. The van der Waals surface area contributed by atoms with Crippen LogP contribution in [-0.2, 0) is 16.6 Å². The fraction of sp³-hybridized carbons (Fsp3) is 0.381. The van der Waals surface area contributed by atoms with Crippen molar-refractivity contribution in [1.82, 2.24) is 9.62 Å². The maximum atomic E-state index is 13.0. The van der Waals surface area contributed by atoms with E-state index in [2.05, 4.69) is 4.72 Å². The number of nitrogens with one attached hydrogen (secondary N) is 1. The van der Waals surface area contributed by atoms with Gasteiger partial charge in [-0.05, 0) is 49.7 Å². The van der Waals surface area contributed by atoms with Crippen LogP contribution in [0.15, 0.2) is 41.3 Å². The lowest BCUT2D eigenvalue weighted by Gasteiger charge is -2.21. The molecule has 1 aliphatic rings. The second-order valence-electron chi connectivity index (χ2n) is 7.28. The second kappa shape index (κ2) is 8.93. The van der Waals surface area contributed by atoms with Gasteiger partial charge in [0, 0.05) is 25.2 Å². The standard InChI is InChI=1S/C21H26N2O6S/c1-14(2)22-30(25,26)20-12-16(6-8-18(20)27-4)21(24)23(3)13-15-5-7-17-19(11-15)29-10-9-28-17/h5-8,11-12,14,22H,9-10,13H2,1-4H3. The number of rotatable bonds is 7. The number of ether oxygens (including phenoxy) is 3. The lowest BCUT2D eigenvalue weighted by Crippen LogP contribution is -2.31. The first-order valence-corrected chi connectivity index (χ1v) is 11.0. The van der Waals surface area contributed by atoms with Crippen LogP contribution in [0.2, 0.25) is 0 Å². The van der Waals surface area contributed by atoms with Crippen LogP contribution in [0.3, 0.4) is 0 Å². The molecule has 1 amide bonds. The van der Waals surface area contributed by atoms with Crippen molar-refractivity contribution in [2.75, 3.05) is 27.4 Å². The third kappa shape index (κ3) is 4.85. The molecule has 30 heavy (non-hydrogen) atoms. The molecule has 0 fully saturated rings. The minimum absolute atomic E-state index is 0.0720. The fourth-order valence-electron chi connectivity index (χ4n) is 3.15. The summed E-state index contributed by atoms with van der Waals surface area (Å²) in [6.07, 6.45) is 0. The summed E-state index contributed by atoms with van der Waals surface area (Å²) in [5, 5.41) is 0. The molecule has 162 valence electrons. The number of sulfonamides is 1. The van der Waals surface area contributed by atoms with E-state index in [4.69, 9.17) is 14.2 Å². The quantitative estimate of drug-likeness (QED) is 0.719. The van der Waals surface area contributed by atoms with E-state index >= 15 is 0 Å². The summed E-state index contributed by atoms with van der Waals surface area (Å²) in [5.41, 5.74) is 1.12. The van der Waals surface area contributed by atoms with Crippen molar-refractivity contribution >= 4 is 15.9 Å². The Kier molecular flexibility index (Phi) is 6.52. The van der Waals surface area contributed by atoms with Crippen molar-refractivity contribution in [3.05, 3.63) is 47.5 Å². The Bertz CT molecular complexity index is 1040. The zero-order valence-electron chi connectivity index (χ0n) is 17.5. The first-order chi connectivity index (χ1) is 14.2. The van der Waals surface area contributed by atoms with E-state index in [1.807, 2.05) is 18.2 Å². The van der Waals surface area contributed by atoms with E-state index in [1.165, 1.54) is 24.1 Å². The van der Waals surface area contributed by atoms with Gasteiger partial charge in [0.2, 0.25) is 10.0 Å². The van der Waals surface area contributed by atoms with Crippen molar-refractivity contribution in [2.45, 2.75) is 31.3 Å². The lowest BCUT2D eigenvalue weighted by atomic mass is 10.1. The van der Waals surface area contributed by atoms with Gasteiger partial charge in [-0.25, -0.2) is 13.1 Å². The van der Waals surface area contributed by atoms with Crippen LogP contribution in [-0.4, -0.2) is 52.6 Å². The van der Waals surface area contributed by atoms with Gasteiger partial charge in [0.05, 0.1) is 7.11 Å². The fourth-order valence-corrected chi connectivity index (χ4v) is 4.59. The zero-order chi connectivity index (χ0) is 21.9. The van der Waals surface area contributed by atoms with E-state index in [9.17, 15) is 13.2 Å². The number of carbonyl (C=O) groups excluding carboxylic acids is 1. The number of amides is 1. The van der Waals surface area contributed by atoms with E-state index in [-0.39, 0.29) is 28.2 Å². The average molecular weight is 435 g/mol. The molecule has 0 unspecified atom stereocenters. The van der Waals surface area contributed by atoms with Gasteiger partial charge in [-0.2, -0.15) is 0 Å². The van der Waals surface area contributed by atoms with Gasteiger partial charge in [0.15, 0.2) is 11.5 Å². The first-order valence-electron chi connectivity index (χ1n) is 9.55. The van der Waals surface area contributed by atoms with Crippen LogP contribution in [0.1, 0.15) is 29.8 Å². The molecule has 9 heteroatoms. The van der Waals surface area contributed by atoms with E-state index < -0.39 is 10.0 Å². The molecular formula is C21H26N2O6S. The molecule has 0 aliphatic carbocycles. The Hall–Kier alpha value is -2.78. The molecule has 2 aromatic carbocycles. The van der Waals surface area contributed by atoms with Crippen LogP contribution in [0.25, 0.3) is 0 Å². The molecule has 3 rings (SSSR count). The molecule has 2 aromatic rings. The minimum Gasteiger partial charge on any atom is -0.495 e. The predicted octanol–water partition coefficient (Wildman–Crippen LogP) is 2.43. The van der Waals surface area contributed by atoms with Crippen molar-refractivity contribution in [3.63, 3.8) is 0 Å². The molecule has 0 bridgehead atoms. The Labute approximate surface area is 176 Å². The summed E-state index contributed by atoms with van der Waals surface area (Å²) in [5.74, 6) is 1.20. The minimum atomic E-state index is -3.83. The molecular weight excluding hydrogens is 408 g/mol. The van der Waals surface area contributed by atoms with Gasteiger partial charge >= 0.3 is 0 Å². The van der Waals surface area contributed by atoms with E-state index in [0.29, 0.717) is 31.3 Å². The largest absolute Gasteiger partial charge is 0.495 e. The van der Waals surface area contributed by atoms with E-state index in [0.717, 1.165) is 5.56 Å². The summed E-state index contributed by atoms with van der Waals surface area (Å²) >= 11 is 0. The van der Waals surface area contributed by atoms with Gasteiger partial charge in [-0.3, -0.25) is 4.79 Å². The Morgan fingerprint density at radius 3 is 2.50 bits per heavy atom. The number of fused-ring (bicyclic) bond motifs is 1. The third-order valence-corrected chi connectivity index (χ3v) is 6.14. The van der Waals surface area contributed by atoms with Crippen LogP contribution in [0.5, 0.6) is 17.2 Å². The summed E-state index contributed by atoms with van der Waals surface area (Å²) in [6.45, 7) is 4.77. The number of hydrogen-bond donors (Lipinski definition) is 1. The number of nitrogens with zero attached hydrogens (tertiary/aromatic N) is 1. The number of hydrogen-bond acceptors (Lipinski definition) is 6. The van der Waals surface area contributed by atoms with Crippen molar-refractivity contribution < 1.29 is 27.4 Å². The van der Waals surface area contributed by atoms with Gasteiger partial charge in [-0.1, -0.05) is 6.07 Å². The number of methoxy groups -OCH3 is 1. The Balaban J connectivity index is 1.83. The molecule has 0 saturated heterocycles. The lowest BCUT2D eigenvalue weighted by molar-refractivity contribution is 0.0784. The Morgan fingerprint density at radius 1 is 1.13 bits per heavy atom. The molecule has 1 N–H and O–H groups in total. The molecule has 8 nitrogen and oxygen atoms in total. The predicted molar refractivity (Wildman–Crippen MR) is 112 cm³/mol. The highest BCUT2D eigenvalue weighted by atomic mass is 32.2. The van der Waals surface area contributed by atoms with Crippen molar-refractivity contribution in [3.8, 4) is 17.2 Å². The van der Waals surface area contributed by atoms with Crippen LogP contribution in [0, 0.1) is 0 Å². The molecule has 0 atom stereocenters. The normalized spacial score (nSPS) is 13.2. The highest BCUT2D eigenvalue weighted by molar-refractivity contribution is 7.89. The number of benzene rings is 2. The maximum Gasteiger partial charge on any atom is 0.253 e. The maximum absolute atomic E-state index is 13.0. The molecule has 0 aromatic heterocycles. The van der Waals surface area contributed by atoms with Crippen LogP contribution < -0.4 is 18.9 Å². The third-order valence-electron chi connectivity index (χ3n) is 4.46.